The molecule has 0 N–H and O–H groups in total. The van der Waals surface area contributed by atoms with Crippen molar-refractivity contribution in [2.24, 2.45) is 0 Å². The Kier molecular flexibility index (Phi) is 3.59. The Balaban J connectivity index is 3.28. The van der Waals surface area contributed by atoms with Gasteiger partial charge in [-0.25, -0.2) is 6.57 Å². The lowest BCUT2D eigenvalue weighted by Gasteiger charge is -2.20. The van der Waals surface area contributed by atoms with Gasteiger partial charge in [-0.2, -0.15) is 0 Å². The molecule has 0 aromatic heterocycles. The molecule has 0 bridgehead atoms. The van der Waals surface area contributed by atoms with Gasteiger partial charge in [0.25, 0.3) is 0 Å². The largest absolute Gasteiger partial charge is 0.496 e. The van der Waals surface area contributed by atoms with Crippen molar-refractivity contribution in [2.75, 3.05) is 7.11 Å². The van der Waals surface area contributed by atoms with Crippen molar-refractivity contribution in [3.8, 4) is 5.75 Å². The van der Waals surface area contributed by atoms with Crippen LogP contribution in [0, 0.1) is 6.57 Å². The zero-order chi connectivity index (χ0) is 12.3. The number of hydrogen-bond acceptors (Lipinski definition) is 1. The summed E-state index contributed by atoms with van der Waals surface area (Å²) in [4.78, 5) is 3.56. The maximum absolute atomic E-state index is 7.11. The highest BCUT2D eigenvalue weighted by atomic mass is 16.5. The lowest BCUT2D eigenvalue weighted by molar-refractivity contribution is 0.408. The van der Waals surface area contributed by atoms with Crippen molar-refractivity contribution in [1.82, 2.24) is 0 Å². The van der Waals surface area contributed by atoms with Crippen LogP contribution in [0.15, 0.2) is 18.2 Å². The van der Waals surface area contributed by atoms with E-state index < -0.39 is 0 Å². The molecule has 16 heavy (non-hydrogen) atoms. The predicted molar refractivity (Wildman–Crippen MR) is 66.7 cm³/mol. The Hall–Kier alpha value is -1.49. The van der Waals surface area contributed by atoms with Gasteiger partial charge in [-0.3, -0.25) is 0 Å². The summed E-state index contributed by atoms with van der Waals surface area (Å²) in [6.45, 7) is 15.5. The van der Waals surface area contributed by atoms with Gasteiger partial charge in [-0.05, 0) is 23.1 Å². The molecule has 1 aromatic carbocycles. The summed E-state index contributed by atoms with van der Waals surface area (Å²) < 4.78 is 5.29. The highest BCUT2D eigenvalue weighted by molar-refractivity contribution is 5.42. The van der Waals surface area contributed by atoms with Crippen LogP contribution in [0.1, 0.15) is 44.9 Å². The molecule has 1 unspecified atom stereocenters. The van der Waals surface area contributed by atoms with E-state index in [0.29, 0.717) is 0 Å². The van der Waals surface area contributed by atoms with Gasteiger partial charge in [0.05, 0.1) is 12.7 Å². The molecule has 0 spiro atoms. The molecule has 0 saturated carbocycles. The van der Waals surface area contributed by atoms with Crippen LogP contribution in [0.25, 0.3) is 4.85 Å². The van der Waals surface area contributed by atoms with Crippen LogP contribution < -0.4 is 4.74 Å². The van der Waals surface area contributed by atoms with Gasteiger partial charge < -0.3 is 9.58 Å². The van der Waals surface area contributed by atoms with Crippen LogP contribution in [-0.4, -0.2) is 7.11 Å². The molecule has 0 aliphatic rings. The fourth-order valence-corrected chi connectivity index (χ4v) is 1.60. The number of benzene rings is 1. The van der Waals surface area contributed by atoms with E-state index in [1.54, 1.807) is 7.11 Å². The molecule has 0 heterocycles. The van der Waals surface area contributed by atoms with Crippen LogP contribution in [0.4, 0.5) is 0 Å². The molecule has 0 aliphatic heterocycles. The SMILES string of the molecule is [C-]#[N+]C(C)c1cc(C(C)(C)C)ccc1OC. The van der Waals surface area contributed by atoms with E-state index in [1.165, 1.54) is 5.56 Å². The van der Waals surface area contributed by atoms with Gasteiger partial charge in [0.2, 0.25) is 6.04 Å². The topological polar surface area (TPSA) is 13.6 Å². The molecule has 2 nitrogen and oxygen atoms in total. The Morgan fingerprint density at radius 1 is 1.31 bits per heavy atom. The Morgan fingerprint density at radius 2 is 1.94 bits per heavy atom. The first-order valence-corrected chi connectivity index (χ1v) is 5.45. The van der Waals surface area contributed by atoms with Crippen molar-refractivity contribution < 1.29 is 4.74 Å². The maximum Gasteiger partial charge on any atom is 0.249 e. The average Bonchev–Trinajstić information content (AvgIpc) is 2.25. The monoisotopic (exact) mass is 217 g/mol. The Morgan fingerprint density at radius 3 is 2.38 bits per heavy atom. The van der Waals surface area contributed by atoms with Gasteiger partial charge in [-0.15, -0.1) is 0 Å². The second kappa shape index (κ2) is 4.57. The van der Waals surface area contributed by atoms with E-state index in [-0.39, 0.29) is 11.5 Å². The number of rotatable bonds is 2. The van der Waals surface area contributed by atoms with Crippen molar-refractivity contribution in [3.05, 3.63) is 40.7 Å². The number of hydrogen-bond donors (Lipinski definition) is 0. The summed E-state index contributed by atoms with van der Waals surface area (Å²) in [5.41, 5.74) is 2.31. The molecule has 0 fully saturated rings. The summed E-state index contributed by atoms with van der Waals surface area (Å²) in [5, 5.41) is 0. The normalized spacial score (nSPS) is 13.0. The minimum atomic E-state index is -0.155. The summed E-state index contributed by atoms with van der Waals surface area (Å²) in [6, 6.07) is 5.95. The van der Waals surface area contributed by atoms with Gasteiger partial charge in [0.1, 0.15) is 5.75 Å². The summed E-state index contributed by atoms with van der Waals surface area (Å²) >= 11 is 0. The zero-order valence-electron chi connectivity index (χ0n) is 10.7. The van der Waals surface area contributed by atoms with Crippen molar-refractivity contribution >= 4 is 0 Å². The third-order valence-electron chi connectivity index (χ3n) is 2.74. The second-order valence-corrected chi connectivity index (χ2v) is 5.01. The van der Waals surface area contributed by atoms with E-state index in [4.69, 9.17) is 11.3 Å². The summed E-state index contributed by atoms with van der Waals surface area (Å²) in [7, 11) is 1.65. The zero-order valence-corrected chi connectivity index (χ0v) is 10.7. The lowest BCUT2D eigenvalue weighted by atomic mass is 9.85. The van der Waals surface area contributed by atoms with Gasteiger partial charge >= 0.3 is 0 Å². The number of methoxy groups -OCH3 is 1. The Labute approximate surface area is 98.1 Å². The molecule has 1 aromatic rings. The fraction of sp³-hybridized carbons (Fsp3) is 0.500. The van der Waals surface area contributed by atoms with E-state index in [1.807, 2.05) is 13.0 Å². The first-order valence-electron chi connectivity index (χ1n) is 5.45. The van der Waals surface area contributed by atoms with E-state index in [0.717, 1.165) is 11.3 Å². The van der Waals surface area contributed by atoms with Crippen molar-refractivity contribution in [1.29, 1.82) is 0 Å². The minimum Gasteiger partial charge on any atom is -0.496 e. The number of nitrogens with zero attached hydrogens (tertiary/aromatic N) is 1. The highest BCUT2D eigenvalue weighted by Gasteiger charge is 2.20. The Bertz CT molecular complexity index is 410. The first-order chi connectivity index (χ1) is 7.40. The molecular formula is C14H19NO. The predicted octanol–water partition coefficient (Wildman–Crippen LogP) is 3.97. The van der Waals surface area contributed by atoms with Crippen LogP contribution in [-0.2, 0) is 5.41 Å². The second-order valence-electron chi connectivity index (χ2n) is 5.01. The third kappa shape index (κ3) is 2.55. The molecule has 0 amide bonds. The van der Waals surface area contributed by atoms with Crippen LogP contribution in [0.2, 0.25) is 0 Å². The molecule has 0 radical (unpaired) electrons. The maximum atomic E-state index is 7.11. The van der Waals surface area contributed by atoms with E-state index in [9.17, 15) is 0 Å². The smallest absolute Gasteiger partial charge is 0.249 e. The standard InChI is InChI=1S/C14H19NO/c1-10(15-5)12-9-11(14(2,3)4)7-8-13(12)16-6/h7-10H,1-4,6H3. The molecule has 1 rings (SSSR count). The molecular weight excluding hydrogens is 198 g/mol. The summed E-state index contributed by atoms with van der Waals surface area (Å²) in [6.07, 6.45) is 0. The highest BCUT2D eigenvalue weighted by Crippen LogP contribution is 2.32. The van der Waals surface area contributed by atoms with E-state index in [2.05, 4.69) is 37.7 Å². The van der Waals surface area contributed by atoms with Crippen molar-refractivity contribution in [3.63, 3.8) is 0 Å². The minimum absolute atomic E-state index is 0.1000. The van der Waals surface area contributed by atoms with Gasteiger partial charge in [-0.1, -0.05) is 26.8 Å². The van der Waals surface area contributed by atoms with Gasteiger partial charge in [0, 0.05) is 6.92 Å². The molecule has 1 atom stereocenters. The quantitative estimate of drug-likeness (QED) is 0.683. The molecule has 0 saturated heterocycles. The summed E-state index contributed by atoms with van der Waals surface area (Å²) in [5.74, 6) is 0.802. The van der Waals surface area contributed by atoms with Crippen LogP contribution in [0.3, 0.4) is 0 Å². The molecule has 2 heteroatoms. The van der Waals surface area contributed by atoms with Crippen LogP contribution in [0.5, 0.6) is 5.75 Å². The average molecular weight is 217 g/mol. The molecule has 0 aliphatic carbocycles. The third-order valence-corrected chi connectivity index (χ3v) is 2.74. The van der Waals surface area contributed by atoms with E-state index >= 15 is 0 Å². The van der Waals surface area contributed by atoms with Crippen molar-refractivity contribution in [2.45, 2.75) is 39.2 Å². The number of ether oxygens (including phenoxy) is 1. The first kappa shape index (κ1) is 12.6. The molecule has 86 valence electrons. The fourth-order valence-electron chi connectivity index (χ4n) is 1.60. The lowest BCUT2D eigenvalue weighted by Crippen LogP contribution is -2.12. The van der Waals surface area contributed by atoms with Crippen LogP contribution >= 0.6 is 0 Å². The van der Waals surface area contributed by atoms with Gasteiger partial charge in [0.15, 0.2) is 0 Å².